The first kappa shape index (κ1) is 15.0. The highest BCUT2D eigenvalue weighted by molar-refractivity contribution is 5.51. The quantitative estimate of drug-likeness (QED) is 0.599. The van der Waals surface area contributed by atoms with Gasteiger partial charge in [0.05, 0.1) is 17.6 Å². The lowest BCUT2D eigenvalue weighted by molar-refractivity contribution is -0.385. The lowest BCUT2D eigenvalue weighted by atomic mass is 10.1. The van der Waals surface area contributed by atoms with Crippen molar-refractivity contribution in [3.8, 4) is 0 Å². The van der Waals surface area contributed by atoms with Gasteiger partial charge in [0.25, 0.3) is 0 Å². The van der Waals surface area contributed by atoms with Crippen LogP contribution in [0.3, 0.4) is 0 Å². The summed E-state index contributed by atoms with van der Waals surface area (Å²) in [6, 6.07) is 7.91. The number of aliphatic hydroxyl groups is 1. The molecule has 1 aromatic heterocycles. The van der Waals surface area contributed by atoms with Gasteiger partial charge in [-0.05, 0) is 18.1 Å². The molecule has 0 saturated heterocycles. The molecule has 0 saturated carbocycles. The van der Waals surface area contributed by atoms with Gasteiger partial charge in [0.15, 0.2) is 0 Å². The molecule has 112 valence electrons. The van der Waals surface area contributed by atoms with Crippen molar-refractivity contribution in [1.82, 2.24) is 9.78 Å². The van der Waals surface area contributed by atoms with Crippen molar-refractivity contribution in [3.05, 3.63) is 52.3 Å². The first-order chi connectivity index (χ1) is 10.1. The summed E-state index contributed by atoms with van der Waals surface area (Å²) in [4.78, 5) is 10.1. The zero-order valence-corrected chi connectivity index (χ0v) is 11.8. The Labute approximate surface area is 122 Å². The lowest BCUT2D eigenvalue weighted by Gasteiger charge is -2.15. The van der Waals surface area contributed by atoms with Crippen molar-refractivity contribution in [1.29, 1.82) is 0 Å². The molecule has 1 heterocycles. The third-order valence-corrected chi connectivity index (χ3v) is 3.15. The van der Waals surface area contributed by atoms with E-state index >= 15 is 0 Å². The average molecular weight is 290 g/mol. The second kappa shape index (κ2) is 6.85. The van der Waals surface area contributed by atoms with Crippen LogP contribution in [0.5, 0.6) is 0 Å². The summed E-state index contributed by atoms with van der Waals surface area (Å²) >= 11 is 0. The summed E-state index contributed by atoms with van der Waals surface area (Å²) in [5, 5.41) is 27.6. The molecule has 0 radical (unpaired) electrons. The van der Waals surface area contributed by atoms with E-state index in [9.17, 15) is 15.2 Å². The summed E-state index contributed by atoms with van der Waals surface area (Å²) in [7, 11) is 0. The maximum atomic E-state index is 10.6. The Bertz CT molecular complexity index is 612. The molecule has 0 amide bonds. The summed E-state index contributed by atoms with van der Waals surface area (Å²) in [6.07, 6.45) is 2.70. The monoisotopic (exact) mass is 290 g/mol. The van der Waals surface area contributed by atoms with Gasteiger partial charge < -0.3 is 10.4 Å². The van der Waals surface area contributed by atoms with Gasteiger partial charge in [-0.15, -0.1) is 0 Å². The van der Waals surface area contributed by atoms with Gasteiger partial charge in [-0.3, -0.25) is 14.8 Å². The van der Waals surface area contributed by atoms with E-state index in [-0.39, 0.29) is 12.2 Å². The number of anilines is 1. The molecule has 0 bridgehead atoms. The molecule has 0 fully saturated rings. The molecule has 0 aliphatic carbocycles. The smallest absolute Gasteiger partial charge is 0.306 e. The van der Waals surface area contributed by atoms with Gasteiger partial charge in [-0.2, -0.15) is 5.10 Å². The average Bonchev–Trinajstić information content (AvgIpc) is 2.94. The Hall–Kier alpha value is -2.41. The SMILES string of the molecule is CCc1ccccc1NCC(O)Cn1cc([N+](=O)[O-])cn1. The van der Waals surface area contributed by atoms with Crippen LogP contribution in [0.1, 0.15) is 12.5 Å². The molecular weight excluding hydrogens is 272 g/mol. The second-order valence-corrected chi connectivity index (χ2v) is 4.72. The van der Waals surface area contributed by atoms with Crippen molar-refractivity contribution in [2.75, 3.05) is 11.9 Å². The largest absolute Gasteiger partial charge is 0.389 e. The number of nitrogens with one attached hydrogen (secondary N) is 1. The van der Waals surface area contributed by atoms with Gasteiger partial charge >= 0.3 is 5.69 Å². The topological polar surface area (TPSA) is 93.2 Å². The minimum atomic E-state index is -0.686. The number of nitrogens with zero attached hydrogens (tertiary/aromatic N) is 3. The van der Waals surface area contributed by atoms with Crippen LogP contribution in [0.4, 0.5) is 11.4 Å². The van der Waals surface area contributed by atoms with Crippen molar-refractivity contribution in [2.24, 2.45) is 0 Å². The number of aryl methyl sites for hydroxylation is 1. The predicted molar refractivity (Wildman–Crippen MR) is 79.2 cm³/mol. The van der Waals surface area contributed by atoms with Gasteiger partial charge in [0.2, 0.25) is 0 Å². The molecule has 0 spiro atoms. The first-order valence-electron chi connectivity index (χ1n) is 6.76. The number of aliphatic hydroxyl groups excluding tert-OH is 1. The zero-order chi connectivity index (χ0) is 15.2. The molecule has 7 heteroatoms. The Morgan fingerprint density at radius 1 is 1.48 bits per heavy atom. The summed E-state index contributed by atoms with van der Waals surface area (Å²) in [6.45, 7) is 2.62. The molecular formula is C14H18N4O3. The third kappa shape index (κ3) is 4.03. The molecule has 1 atom stereocenters. The summed E-state index contributed by atoms with van der Waals surface area (Å²) in [5.41, 5.74) is 2.09. The van der Waals surface area contributed by atoms with Crippen LogP contribution in [-0.2, 0) is 13.0 Å². The summed E-state index contributed by atoms with van der Waals surface area (Å²) < 4.78 is 1.37. The van der Waals surface area contributed by atoms with Crippen molar-refractivity contribution >= 4 is 11.4 Å². The highest BCUT2D eigenvalue weighted by Gasteiger charge is 2.12. The second-order valence-electron chi connectivity index (χ2n) is 4.72. The highest BCUT2D eigenvalue weighted by Crippen LogP contribution is 2.15. The molecule has 21 heavy (non-hydrogen) atoms. The lowest BCUT2D eigenvalue weighted by Crippen LogP contribution is -2.25. The minimum Gasteiger partial charge on any atom is -0.389 e. The van der Waals surface area contributed by atoms with E-state index in [1.165, 1.54) is 22.6 Å². The fourth-order valence-electron chi connectivity index (χ4n) is 2.06. The standard InChI is InChI=1S/C14H18N4O3/c1-2-11-5-3-4-6-14(11)15-8-13(19)10-17-9-12(7-16-17)18(20)21/h3-7,9,13,15,19H,2,8,10H2,1H3. The zero-order valence-electron chi connectivity index (χ0n) is 11.8. The number of para-hydroxylation sites is 1. The fourth-order valence-corrected chi connectivity index (χ4v) is 2.06. The molecule has 2 rings (SSSR count). The van der Waals surface area contributed by atoms with E-state index < -0.39 is 11.0 Å². The van der Waals surface area contributed by atoms with Crippen LogP contribution >= 0.6 is 0 Å². The fraction of sp³-hybridized carbons (Fsp3) is 0.357. The van der Waals surface area contributed by atoms with Crippen molar-refractivity contribution < 1.29 is 10.0 Å². The van der Waals surface area contributed by atoms with Gasteiger partial charge in [0, 0.05) is 12.2 Å². The third-order valence-electron chi connectivity index (χ3n) is 3.15. The predicted octanol–water partition coefficient (Wildman–Crippen LogP) is 1.83. The number of hydrogen-bond acceptors (Lipinski definition) is 5. The number of nitro groups is 1. The van der Waals surface area contributed by atoms with E-state index in [2.05, 4.69) is 17.3 Å². The van der Waals surface area contributed by atoms with E-state index in [1.54, 1.807) is 0 Å². The maximum absolute atomic E-state index is 10.6. The van der Waals surface area contributed by atoms with Gasteiger partial charge in [0.1, 0.15) is 12.4 Å². The molecule has 0 aliphatic heterocycles. The van der Waals surface area contributed by atoms with Crippen molar-refractivity contribution in [3.63, 3.8) is 0 Å². The van der Waals surface area contributed by atoms with E-state index in [0.717, 1.165) is 12.1 Å². The summed E-state index contributed by atoms with van der Waals surface area (Å²) in [5.74, 6) is 0. The van der Waals surface area contributed by atoms with E-state index in [0.29, 0.717) is 6.54 Å². The van der Waals surface area contributed by atoms with Crippen LogP contribution in [0, 0.1) is 10.1 Å². The Balaban J connectivity index is 1.89. The molecule has 2 N–H and O–H groups in total. The molecule has 7 nitrogen and oxygen atoms in total. The van der Waals surface area contributed by atoms with Crippen LogP contribution in [0.15, 0.2) is 36.7 Å². The molecule has 1 aromatic carbocycles. The van der Waals surface area contributed by atoms with Crippen molar-refractivity contribution in [2.45, 2.75) is 26.0 Å². The minimum absolute atomic E-state index is 0.0773. The number of aromatic nitrogens is 2. The normalized spacial score (nSPS) is 12.1. The molecule has 1 unspecified atom stereocenters. The Morgan fingerprint density at radius 3 is 2.90 bits per heavy atom. The molecule has 0 aliphatic rings. The Morgan fingerprint density at radius 2 is 2.24 bits per heavy atom. The van der Waals surface area contributed by atoms with Crippen LogP contribution in [0.2, 0.25) is 0 Å². The maximum Gasteiger partial charge on any atom is 0.306 e. The number of rotatable bonds is 7. The van der Waals surface area contributed by atoms with Gasteiger partial charge in [-0.1, -0.05) is 25.1 Å². The first-order valence-corrected chi connectivity index (χ1v) is 6.76. The van der Waals surface area contributed by atoms with Crippen LogP contribution in [0.25, 0.3) is 0 Å². The number of hydrogen-bond donors (Lipinski definition) is 2. The highest BCUT2D eigenvalue weighted by atomic mass is 16.6. The van der Waals surface area contributed by atoms with E-state index in [1.807, 2.05) is 24.3 Å². The van der Waals surface area contributed by atoms with Crippen LogP contribution < -0.4 is 5.32 Å². The Kier molecular flexibility index (Phi) is 4.89. The van der Waals surface area contributed by atoms with Gasteiger partial charge in [-0.25, -0.2) is 0 Å². The number of benzene rings is 1. The van der Waals surface area contributed by atoms with Crippen LogP contribution in [-0.4, -0.2) is 32.5 Å². The van der Waals surface area contributed by atoms with E-state index in [4.69, 9.17) is 0 Å². The molecule has 2 aromatic rings.